The van der Waals surface area contributed by atoms with Crippen LogP contribution in [0, 0.1) is 6.92 Å². The largest absolute Gasteiger partial charge is 0.418 e. The lowest BCUT2D eigenvalue weighted by Crippen LogP contribution is -2.35. The van der Waals surface area contributed by atoms with Gasteiger partial charge in [0.25, 0.3) is 17.4 Å². The van der Waals surface area contributed by atoms with Gasteiger partial charge in [0.1, 0.15) is 10.6 Å². The Morgan fingerprint density at radius 1 is 1.28 bits per heavy atom. The van der Waals surface area contributed by atoms with Gasteiger partial charge >= 0.3 is 0 Å². The summed E-state index contributed by atoms with van der Waals surface area (Å²) in [5.41, 5.74) is 7.78. The number of thiazole rings is 1. The number of carbonyl (C=O) groups is 1. The average molecular weight is 505 g/mol. The molecule has 1 amide bonds. The van der Waals surface area contributed by atoms with E-state index in [-0.39, 0.29) is 34.9 Å². The summed E-state index contributed by atoms with van der Waals surface area (Å²) in [5.74, 6) is 0.104. The van der Waals surface area contributed by atoms with E-state index in [4.69, 9.17) is 10.2 Å². The summed E-state index contributed by atoms with van der Waals surface area (Å²) < 4.78 is 7.27. The lowest BCUT2D eigenvalue weighted by molar-refractivity contribution is 0.0734. The lowest BCUT2D eigenvalue weighted by Gasteiger charge is -2.23. The van der Waals surface area contributed by atoms with Crippen molar-refractivity contribution in [2.75, 3.05) is 6.54 Å². The van der Waals surface area contributed by atoms with E-state index in [1.54, 1.807) is 24.6 Å². The van der Waals surface area contributed by atoms with E-state index in [9.17, 15) is 9.59 Å². The third-order valence-corrected chi connectivity index (χ3v) is 7.49. The van der Waals surface area contributed by atoms with Crippen molar-refractivity contribution in [3.05, 3.63) is 86.0 Å². The number of hydrogen-bond acceptors (Lipinski definition) is 8. The summed E-state index contributed by atoms with van der Waals surface area (Å²) in [4.78, 5) is 33.0. The molecular formula is C26H28N6O3S. The standard InChI is InChI=1S/C26H28N6O3S/c1-16-15-36-22(28-16)20-10-7-11-32(20)23(33)18-12-19(24(34)31(3)14-18)21-29-30-25(35-21)26(2,27)13-17-8-5-4-6-9-17/h4-6,8-9,12,14-15,20H,7,10-11,13,27H2,1-3H3. The number of amides is 1. The molecule has 2 unspecified atom stereocenters. The molecule has 3 aromatic heterocycles. The molecule has 1 aliphatic rings. The molecule has 4 heterocycles. The number of hydrogen-bond donors (Lipinski definition) is 1. The molecule has 0 bridgehead atoms. The van der Waals surface area contributed by atoms with Crippen LogP contribution < -0.4 is 11.3 Å². The molecular weight excluding hydrogens is 476 g/mol. The minimum Gasteiger partial charge on any atom is -0.418 e. The molecule has 1 aliphatic heterocycles. The van der Waals surface area contributed by atoms with Gasteiger partial charge in [-0.25, -0.2) is 4.98 Å². The van der Waals surface area contributed by atoms with Gasteiger partial charge in [-0.2, -0.15) is 0 Å². The highest BCUT2D eigenvalue weighted by atomic mass is 32.1. The fourth-order valence-corrected chi connectivity index (χ4v) is 5.54. The Morgan fingerprint density at radius 2 is 2.06 bits per heavy atom. The van der Waals surface area contributed by atoms with E-state index in [0.29, 0.717) is 18.5 Å². The van der Waals surface area contributed by atoms with Crippen LogP contribution in [0.15, 0.2) is 57.2 Å². The van der Waals surface area contributed by atoms with Crippen molar-refractivity contribution in [3.63, 3.8) is 0 Å². The number of carbonyl (C=O) groups excluding carboxylic acids is 1. The quantitative estimate of drug-likeness (QED) is 0.426. The summed E-state index contributed by atoms with van der Waals surface area (Å²) in [5, 5.41) is 11.2. The first-order valence-corrected chi connectivity index (χ1v) is 12.7. The number of nitrogens with two attached hydrogens (primary N) is 1. The van der Waals surface area contributed by atoms with Gasteiger partial charge in [0, 0.05) is 30.9 Å². The van der Waals surface area contributed by atoms with Gasteiger partial charge < -0.3 is 19.6 Å². The SMILES string of the molecule is Cc1csc(C2CCCN2C(=O)c2cc(-c3nnc(C(C)(N)Cc4ccccc4)o3)c(=O)n(C)c2)n1. The third-order valence-electron chi connectivity index (χ3n) is 6.42. The summed E-state index contributed by atoms with van der Waals surface area (Å²) in [7, 11) is 1.61. The molecule has 4 aromatic rings. The van der Waals surface area contributed by atoms with Gasteiger partial charge in [-0.05, 0) is 44.7 Å². The number of pyridine rings is 1. The molecule has 1 fully saturated rings. The Morgan fingerprint density at radius 3 is 2.78 bits per heavy atom. The zero-order chi connectivity index (χ0) is 25.4. The van der Waals surface area contributed by atoms with Crippen LogP contribution in [-0.4, -0.2) is 37.1 Å². The molecule has 0 spiro atoms. The van der Waals surface area contributed by atoms with Gasteiger partial charge in [0.2, 0.25) is 5.89 Å². The van der Waals surface area contributed by atoms with E-state index < -0.39 is 5.54 Å². The van der Waals surface area contributed by atoms with Crippen LogP contribution in [0.4, 0.5) is 0 Å². The Labute approximate surface area is 212 Å². The third kappa shape index (κ3) is 4.61. The highest BCUT2D eigenvalue weighted by molar-refractivity contribution is 7.09. The summed E-state index contributed by atoms with van der Waals surface area (Å²) in [6.45, 7) is 4.39. The number of rotatable bonds is 6. The van der Waals surface area contributed by atoms with Crippen molar-refractivity contribution >= 4 is 17.2 Å². The van der Waals surface area contributed by atoms with Gasteiger partial charge in [0.15, 0.2) is 0 Å². The van der Waals surface area contributed by atoms with Gasteiger partial charge in [-0.1, -0.05) is 30.3 Å². The van der Waals surface area contributed by atoms with E-state index in [0.717, 1.165) is 29.1 Å². The van der Waals surface area contributed by atoms with Gasteiger partial charge in [-0.15, -0.1) is 21.5 Å². The number of benzene rings is 1. The second-order valence-electron chi connectivity index (χ2n) is 9.53. The molecule has 0 saturated carbocycles. The number of likely N-dealkylation sites (tertiary alicyclic amines) is 1. The topological polar surface area (TPSA) is 120 Å². The fourth-order valence-electron chi connectivity index (χ4n) is 4.60. The molecule has 2 N–H and O–H groups in total. The summed E-state index contributed by atoms with van der Waals surface area (Å²) >= 11 is 1.57. The van der Waals surface area contributed by atoms with Crippen molar-refractivity contribution in [1.82, 2.24) is 24.6 Å². The second kappa shape index (κ2) is 9.44. The molecule has 186 valence electrons. The predicted octanol–water partition coefficient (Wildman–Crippen LogP) is 3.59. The Kier molecular flexibility index (Phi) is 6.31. The number of aromatic nitrogens is 4. The maximum Gasteiger partial charge on any atom is 0.263 e. The molecule has 0 radical (unpaired) electrons. The second-order valence-corrected chi connectivity index (χ2v) is 10.4. The smallest absolute Gasteiger partial charge is 0.263 e. The molecule has 1 saturated heterocycles. The van der Waals surface area contributed by atoms with Crippen LogP contribution >= 0.6 is 11.3 Å². The Bertz CT molecular complexity index is 1460. The first-order chi connectivity index (χ1) is 17.2. The zero-order valence-corrected chi connectivity index (χ0v) is 21.3. The Balaban J connectivity index is 1.44. The van der Waals surface area contributed by atoms with Crippen molar-refractivity contribution in [1.29, 1.82) is 0 Å². The summed E-state index contributed by atoms with van der Waals surface area (Å²) in [6.07, 6.45) is 3.80. The molecule has 10 heteroatoms. The highest BCUT2D eigenvalue weighted by Gasteiger charge is 2.34. The number of nitrogens with zero attached hydrogens (tertiary/aromatic N) is 5. The van der Waals surface area contributed by atoms with Gasteiger partial charge in [-0.3, -0.25) is 9.59 Å². The van der Waals surface area contributed by atoms with E-state index >= 15 is 0 Å². The van der Waals surface area contributed by atoms with Crippen molar-refractivity contribution in [2.45, 2.75) is 44.7 Å². The first-order valence-electron chi connectivity index (χ1n) is 11.8. The molecule has 36 heavy (non-hydrogen) atoms. The molecule has 0 aliphatic carbocycles. The predicted molar refractivity (Wildman–Crippen MR) is 137 cm³/mol. The van der Waals surface area contributed by atoms with Gasteiger partial charge in [0.05, 0.1) is 17.1 Å². The van der Waals surface area contributed by atoms with Crippen LogP contribution in [0.5, 0.6) is 0 Å². The Hall–Kier alpha value is -3.63. The van der Waals surface area contributed by atoms with Crippen LogP contribution in [0.2, 0.25) is 0 Å². The van der Waals surface area contributed by atoms with Crippen molar-refractivity contribution < 1.29 is 9.21 Å². The van der Waals surface area contributed by atoms with Crippen LogP contribution in [-0.2, 0) is 19.0 Å². The minimum atomic E-state index is -0.931. The van der Waals surface area contributed by atoms with E-state index in [1.807, 2.05) is 54.5 Å². The monoisotopic (exact) mass is 504 g/mol. The molecule has 5 rings (SSSR count). The molecule has 2 atom stereocenters. The highest BCUT2D eigenvalue weighted by Crippen LogP contribution is 2.35. The van der Waals surface area contributed by atoms with Crippen molar-refractivity contribution in [2.24, 2.45) is 12.8 Å². The molecule has 9 nitrogen and oxygen atoms in total. The van der Waals surface area contributed by atoms with Crippen LogP contribution in [0.1, 0.15) is 58.3 Å². The van der Waals surface area contributed by atoms with Crippen LogP contribution in [0.25, 0.3) is 11.5 Å². The minimum absolute atomic E-state index is 0.0403. The zero-order valence-electron chi connectivity index (χ0n) is 20.5. The number of aryl methyl sites for hydroxylation is 2. The summed E-state index contributed by atoms with van der Waals surface area (Å²) in [6, 6.07) is 11.2. The van der Waals surface area contributed by atoms with Crippen LogP contribution in [0.3, 0.4) is 0 Å². The van der Waals surface area contributed by atoms with E-state index in [1.165, 1.54) is 10.6 Å². The maximum atomic E-state index is 13.6. The molecule has 1 aromatic carbocycles. The maximum absolute atomic E-state index is 13.6. The normalized spacial score (nSPS) is 17.3. The fraction of sp³-hybridized carbons (Fsp3) is 0.346. The first kappa shape index (κ1) is 24.1. The lowest BCUT2D eigenvalue weighted by atomic mass is 9.94. The van der Waals surface area contributed by atoms with E-state index in [2.05, 4.69) is 15.2 Å². The average Bonchev–Trinajstić information content (AvgIpc) is 3.61. The van der Waals surface area contributed by atoms with Crippen molar-refractivity contribution in [3.8, 4) is 11.5 Å².